The van der Waals surface area contributed by atoms with Gasteiger partial charge in [-0.15, -0.1) is 12.4 Å². The minimum absolute atomic E-state index is 0. The van der Waals surface area contributed by atoms with Gasteiger partial charge in [-0.1, -0.05) is 48.0 Å². The summed E-state index contributed by atoms with van der Waals surface area (Å²) in [7, 11) is 2.78. The molecular formula is C30H32Cl2N6O8. The maximum Gasteiger partial charge on any atom is 0.328 e. The van der Waals surface area contributed by atoms with Gasteiger partial charge in [0.2, 0.25) is 0 Å². The van der Waals surface area contributed by atoms with Crippen LogP contribution in [-0.2, 0) is 19.1 Å². The molecule has 0 unspecified atom stereocenters. The van der Waals surface area contributed by atoms with Crippen molar-refractivity contribution in [2.45, 2.75) is 37.8 Å². The molecule has 2 fully saturated rings. The largest absolute Gasteiger partial charge is 0.468 e. The van der Waals surface area contributed by atoms with Crippen LogP contribution in [0.25, 0.3) is 21.5 Å². The number of benzene rings is 2. The van der Waals surface area contributed by atoms with Crippen LogP contribution in [0.1, 0.15) is 25.7 Å². The summed E-state index contributed by atoms with van der Waals surface area (Å²) in [5.41, 5.74) is -0.0573. The van der Waals surface area contributed by atoms with Crippen LogP contribution in [0.15, 0.2) is 60.9 Å². The average Bonchev–Trinajstić information content (AvgIpc) is 3.78. The van der Waals surface area contributed by atoms with Gasteiger partial charge in [0, 0.05) is 17.3 Å². The van der Waals surface area contributed by atoms with Crippen LogP contribution in [0.3, 0.4) is 0 Å². The Balaban J connectivity index is 0.000000205. The van der Waals surface area contributed by atoms with Crippen LogP contribution in [-0.4, -0.2) is 71.1 Å². The molecule has 244 valence electrons. The molecule has 6 rings (SSSR count). The number of halogens is 2. The second-order valence-corrected chi connectivity index (χ2v) is 10.4. The normalized spacial score (nSPS) is 16.7. The standard InChI is InChI=1S/C15H15N3O4.C9H5ClN2O2.C6H11NO2.ClH/c1-22-15(19)12-7-4-8-17(12)14-11-6-3-2-5-10(11)13(9-16-14)18(20)21;10-9-7-4-2-1-3-6(7)8(5-11-9)12(13)14;1-9-6(8)5-3-2-4-7-5;/h2-3,5-6,9,12H,4,7-8H2,1H3;1-5H;5,7H,2-4H2,1H3;1H/t12-;;5-;/m0.0./s1. The van der Waals surface area contributed by atoms with Crippen molar-refractivity contribution in [1.29, 1.82) is 0 Å². The Morgan fingerprint density at radius 3 is 1.93 bits per heavy atom. The lowest BCUT2D eigenvalue weighted by Gasteiger charge is -2.24. The van der Waals surface area contributed by atoms with Crippen molar-refractivity contribution >= 4 is 74.7 Å². The van der Waals surface area contributed by atoms with E-state index in [2.05, 4.69) is 20.0 Å². The number of nitro groups is 2. The molecule has 4 heterocycles. The predicted molar refractivity (Wildman–Crippen MR) is 174 cm³/mol. The van der Waals surface area contributed by atoms with Gasteiger partial charge in [0.15, 0.2) is 0 Å². The number of carbonyl (C=O) groups excluding carboxylic acids is 2. The van der Waals surface area contributed by atoms with E-state index in [0.29, 0.717) is 40.3 Å². The molecule has 2 aliphatic heterocycles. The second-order valence-electron chi connectivity index (χ2n) is 10.1. The molecule has 0 bridgehead atoms. The quantitative estimate of drug-likeness (QED) is 0.123. The molecule has 0 radical (unpaired) electrons. The first-order valence-electron chi connectivity index (χ1n) is 14.0. The van der Waals surface area contributed by atoms with E-state index in [9.17, 15) is 29.8 Å². The Morgan fingerprint density at radius 2 is 1.39 bits per heavy atom. The van der Waals surface area contributed by atoms with Gasteiger partial charge in [0.25, 0.3) is 11.4 Å². The third-order valence-corrected chi connectivity index (χ3v) is 7.72. The number of ether oxygens (including phenoxy) is 2. The monoisotopic (exact) mass is 674 g/mol. The van der Waals surface area contributed by atoms with Crippen LogP contribution >= 0.6 is 24.0 Å². The molecular weight excluding hydrogens is 643 g/mol. The number of nitrogens with one attached hydrogen (secondary N) is 1. The maximum absolute atomic E-state index is 11.9. The number of pyridine rings is 2. The third-order valence-electron chi connectivity index (χ3n) is 7.42. The van der Waals surface area contributed by atoms with Gasteiger partial charge in [0.05, 0.1) is 34.8 Å². The molecule has 14 nitrogen and oxygen atoms in total. The fourth-order valence-corrected chi connectivity index (χ4v) is 5.47. The summed E-state index contributed by atoms with van der Waals surface area (Å²) in [6.45, 7) is 1.62. The van der Waals surface area contributed by atoms with Crippen molar-refractivity contribution < 1.29 is 28.9 Å². The van der Waals surface area contributed by atoms with E-state index in [-0.39, 0.29) is 53.0 Å². The zero-order chi connectivity index (χ0) is 32.5. The maximum atomic E-state index is 11.9. The molecule has 0 saturated carbocycles. The van der Waals surface area contributed by atoms with Gasteiger partial charge in [-0.2, -0.15) is 0 Å². The fraction of sp³-hybridized carbons (Fsp3) is 0.333. The summed E-state index contributed by atoms with van der Waals surface area (Å²) in [5, 5.41) is 27.4. The number of methoxy groups -OCH3 is 2. The highest BCUT2D eigenvalue weighted by atomic mass is 35.5. The molecule has 0 amide bonds. The van der Waals surface area contributed by atoms with E-state index in [4.69, 9.17) is 16.3 Å². The van der Waals surface area contributed by atoms with E-state index in [1.807, 2.05) is 4.90 Å². The van der Waals surface area contributed by atoms with E-state index in [0.717, 1.165) is 25.8 Å². The summed E-state index contributed by atoms with van der Waals surface area (Å²) in [5.74, 6) is 0.156. The Bertz CT molecular complexity index is 1720. The van der Waals surface area contributed by atoms with E-state index >= 15 is 0 Å². The first kappa shape index (κ1) is 35.8. The van der Waals surface area contributed by atoms with Gasteiger partial charge in [0.1, 0.15) is 35.4 Å². The van der Waals surface area contributed by atoms with Crippen LogP contribution < -0.4 is 10.2 Å². The van der Waals surface area contributed by atoms with Gasteiger partial charge in [-0.05, 0) is 44.4 Å². The molecule has 2 aromatic heterocycles. The molecule has 0 aliphatic carbocycles. The Morgan fingerprint density at radius 1 is 0.848 bits per heavy atom. The van der Waals surface area contributed by atoms with Gasteiger partial charge in [-0.3, -0.25) is 25.0 Å². The minimum Gasteiger partial charge on any atom is -0.468 e. The second kappa shape index (κ2) is 16.6. The fourth-order valence-electron chi connectivity index (χ4n) is 5.26. The number of nitrogens with zero attached hydrogens (tertiary/aromatic N) is 5. The van der Waals surface area contributed by atoms with Crippen LogP contribution in [0, 0.1) is 20.2 Å². The smallest absolute Gasteiger partial charge is 0.328 e. The lowest BCUT2D eigenvalue weighted by molar-refractivity contribution is -0.383. The number of carbonyl (C=O) groups is 2. The van der Waals surface area contributed by atoms with Gasteiger partial charge >= 0.3 is 11.9 Å². The lowest BCUT2D eigenvalue weighted by atomic mass is 10.1. The molecule has 46 heavy (non-hydrogen) atoms. The zero-order valence-corrected chi connectivity index (χ0v) is 26.5. The zero-order valence-electron chi connectivity index (χ0n) is 25.0. The number of hydrogen-bond donors (Lipinski definition) is 1. The summed E-state index contributed by atoms with van der Waals surface area (Å²) < 4.78 is 9.38. The Kier molecular flexibility index (Phi) is 12.9. The molecule has 4 aromatic rings. The average molecular weight is 676 g/mol. The summed E-state index contributed by atoms with van der Waals surface area (Å²) in [6, 6.07) is 13.5. The van der Waals surface area contributed by atoms with Crippen LogP contribution in [0.4, 0.5) is 17.2 Å². The first-order chi connectivity index (χ1) is 21.7. The predicted octanol–water partition coefficient (Wildman–Crippen LogP) is 5.41. The molecule has 1 N–H and O–H groups in total. The van der Waals surface area contributed by atoms with Crippen molar-refractivity contribution in [2.75, 3.05) is 32.2 Å². The van der Waals surface area contributed by atoms with E-state index in [1.54, 1.807) is 48.5 Å². The molecule has 0 spiro atoms. The highest BCUT2D eigenvalue weighted by Crippen LogP contribution is 2.35. The highest BCUT2D eigenvalue weighted by Gasteiger charge is 2.34. The summed E-state index contributed by atoms with van der Waals surface area (Å²) in [6.07, 6.45) is 5.98. The lowest BCUT2D eigenvalue weighted by Crippen LogP contribution is -2.37. The van der Waals surface area contributed by atoms with Gasteiger partial charge < -0.3 is 19.7 Å². The van der Waals surface area contributed by atoms with Crippen molar-refractivity contribution in [3.63, 3.8) is 0 Å². The Labute approximate surface area is 274 Å². The number of fused-ring (bicyclic) bond motifs is 2. The molecule has 2 aromatic carbocycles. The summed E-state index contributed by atoms with van der Waals surface area (Å²) >= 11 is 5.80. The van der Waals surface area contributed by atoms with Crippen molar-refractivity contribution in [2.24, 2.45) is 0 Å². The number of anilines is 1. The Hall–Kier alpha value is -4.66. The molecule has 2 atom stereocenters. The SMILES string of the molecule is COC(=O)[C@@H]1CCCN1.COC(=O)[C@@H]1CCCN1c1ncc([N+](=O)[O-])c2ccccc12.Cl.O=[N+]([O-])c1cnc(Cl)c2ccccc12. The number of esters is 2. The number of aromatic nitrogens is 2. The molecule has 2 aliphatic rings. The van der Waals surface area contributed by atoms with E-state index in [1.165, 1.54) is 26.6 Å². The van der Waals surface area contributed by atoms with Crippen molar-refractivity contribution in [3.05, 3.63) is 86.3 Å². The van der Waals surface area contributed by atoms with Crippen LogP contribution in [0.5, 0.6) is 0 Å². The summed E-state index contributed by atoms with van der Waals surface area (Å²) in [4.78, 5) is 53.4. The number of rotatable bonds is 5. The van der Waals surface area contributed by atoms with Crippen molar-refractivity contribution in [3.8, 4) is 0 Å². The first-order valence-corrected chi connectivity index (χ1v) is 14.4. The molecule has 16 heteroatoms. The van der Waals surface area contributed by atoms with Gasteiger partial charge in [-0.25, -0.2) is 14.8 Å². The topological polar surface area (TPSA) is 180 Å². The third kappa shape index (κ3) is 8.13. The highest BCUT2D eigenvalue weighted by molar-refractivity contribution is 6.34. The number of hydrogen-bond acceptors (Lipinski definition) is 12. The van der Waals surface area contributed by atoms with Crippen molar-refractivity contribution in [1.82, 2.24) is 15.3 Å². The minimum atomic E-state index is -0.467. The molecule has 2 saturated heterocycles. The van der Waals surface area contributed by atoms with Crippen LogP contribution in [0.2, 0.25) is 5.15 Å². The van der Waals surface area contributed by atoms with E-state index < -0.39 is 9.85 Å².